The first kappa shape index (κ1) is 14.0. The first-order valence-corrected chi connectivity index (χ1v) is 6.06. The summed E-state index contributed by atoms with van der Waals surface area (Å²) in [4.78, 5) is 25.2. The summed E-state index contributed by atoms with van der Waals surface area (Å²) in [6.07, 6.45) is 0.940. The van der Waals surface area contributed by atoms with Crippen LogP contribution in [0.5, 0.6) is 0 Å². The van der Waals surface area contributed by atoms with E-state index >= 15 is 0 Å². The van der Waals surface area contributed by atoms with Gasteiger partial charge in [-0.3, -0.25) is 9.59 Å². The van der Waals surface area contributed by atoms with Crippen molar-refractivity contribution in [1.29, 1.82) is 0 Å². The lowest BCUT2D eigenvalue weighted by Gasteiger charge is -2.30. The predicted octanol–water partition coefficient (Wildman–Crippen LogP) is 1.99. The van der Waals surface area contributed by atoms with Gasteiger partial charge in [-0.05, 0) is 17.3 Å². The van der Waals surface area contributed by atoms with Crippen LogP contribution in [0.25, 0.3) is 0 Å². The van der Waals surface area contributed by atoms with E-state index in [1.807, 2.05) is 0 Å². The van der Waals surface area contributed by atoms with E-state index < -0.39 is 17.3 Å². The number of carboxylic acid groups (broad SMARTS) is 1. The minimum absolute atomic E-state index is 0.108. The summed E-state index contributed by atoms with van der Waals surface area (Å²) in [5.74, 6) is -2.21. The van der Waals surface area contributed by atoms with Crippen LogP contribution in [0.4, 0.5) is 0 Å². The number of carbonyl (C=O) groups excluding carboxylic acids is 1. The van der Waals surface area contributed by atoms with Crippen molar-refractivity contribution in [3.8, 4) is 0 Å². The SMILES string of the molecule is CC1(C)CCN(C(=O)C(C(=O)O)C(C)(C)C)C1. The summed E-state index contributed by atoms with van der Waals surface area (Å²) < 4.78 is 0. The Morgan fingerprint density at radius 1 is 1.29 bits per heavy atom. The van der Waals surface area contributed by atoms with E-state index in [2.05, 4.69) is 13.8 Å². The number of hydrogen-bond donors (Lipinski definition) is 1. The average Bonchev–Trinajstić information content (AvgIpc) is 2.42. The van der Waals surface area contributed by atoms with Crippen LogP contribution in [-0.4, -0.2) is 35.0 Å². The lowest BCUT2D eigenvalue weighted by molar-refractivity contribution is -0.155. The average molecular weight is 241 g/mol. The molecule has 1 atom stereocenters. The topological polar surface area (TPSA) is 57.6 Å². The Balaban J connectivity index is 2.85. The van der Waals surface area contributed by atoms with Gasteiger partial charge in [0.2, 0.25) is 5.91 Å². The van der Waals surface area contributed by atoms with Gasteiger partial charge in [-0.1, -0.05) is 34.6 Å². The predicted molar refractivity (Wildman–Crippen MR) is 65.6 cm³/mol. The molecule has 98 valence electrons. The Morgan fingerprint density at radius 3 is 2.12 bits per heavy atom. The highest BCUT2D eigenvalue weighted by atomic mass is 16.4. The van der Waals surface area contributed by atoms with Gasteiger partial charge in [-0.2, -0.15) is 0 Å². The Hall–Kier alpha value is -1.06. The van der Waals surface area contributed by atoms with Crippen LogP contribution >= 0.6 is 0 Å². The van der Waals surface area contributed by atoms with E-state index in [1.54, 1.807) is 25.7 Å². The molecule has 1 amide bonds. The van der Waals surface area contributed by atoms with Gasteiger partial charge in [0.15, 0.2) is 0 Å². The van der Waals surface area contributed by atoms with Crippen molar-refractivity contribution in [2.45, 2.75) is 41.0 Å². The first-order chi connectivity index (χ1) is 7.54. The molecule has 1 aliphatic rings. The van der Waals surface area contributed by atoms with Crippen LogP contribution in [0.1, 0.15) is 41.0 Å². The van der Waals surface area contributed by atoms with E-state index in [-0.39, 0.29) is 11.3 Å². The molecule has 1 heterocycles. The van der Waals surface area contributed by atoms with Gasteiger partial charge in [-0.25, -0.2) is 0 Å². The highest BCUT2D eigenvalue weighted by Gasteiger charge is 2.43. The number of aliphatic carboxylic acids is 1. The Bertz CT molecular complexity index is 328. The van der Waals surface area contributed by atoms with Gasteiger partial charge in [0, 0.05) is 13.1 Å². The number of amides is 1. The van der Waals surface area contributed by atoms with Gasteiger partial charge in [0.05, 0.1) is 0 Å². The molecule has 0 spiro atoms. The maximum absolute atomic E-state index is 12.3. The number of hydrogen-bond acceptors (Lipinski definition) is 2. The summed E-state index contributed by atoms with van der Waals surface area (Å²) >= 11 is 0. The number of rotatable bonds is 2. The van der Waals surface area contributed by atoms with Crippen molar-refractivity contribution in [2.75, 3.05) is 13.1 Å². The molecule has 0 saturated carbocycles. The summed E-state index contributed by atoms with van der Waals surface area (Å²) in [6.45, 7) is 10.9. The number of likely N-dealkylation sites (tertiary alicyclic amines) is 1. The zero-order chi connectivity index (χ0) is 13.4. The third-order valence-corrected chi connectivity index (χ3v) is 3.35. The first-order valence-electron chi connectivity index (χ1n) is 6.06. The van der Waals surface area contributed by atoms with Crippen molar-refractivity contribution in [1.82, 2.24) is 4.90 Å². The maximum Gasteiger partial charge on any atom is 0.316 e. The van der Waals surface area contributed by atoms with Gasteiger partial charge in [-0.15, -0.1) is 0 Å². The van der Waals surface area contributed by atoms with Crippen LogP contribution in [-0.2, 0) is 9.59 Å². The second-order valence-electron chi connectivity index (χ2n) is 6.81. The molecule has 1 unspecified atom stereocenters. The molecule has 0 aliphatic carbocycles. The van der Waals surface area contributed by atoms with Crippen LogP contribution in [0, 0.1) is 16.7 Å². The third kappa shape index (κ3) is 3.20. The quantitative estimate of drug-likeness (QED) is 0.752. The van der Waals surface area contributed by atoms with E-state index in [0.717, 1.165) is 6.42 Å². The minimum atomic E-state index is -1.02. The molecule has 1 N–H and O–H groups in total. The summed E-state index contributed by atoms with van der Waals surface area (Å²) in [6, 6.07) is 0. The molecule has 17 heavy (non-hydrogen) atoms. The van der Waals surface area contributed by atoms with Crippen LogP contribution in [0.3, 0.4) is 0 Å². The van der Waals surface area contributed by atoms with E-state index in [9.17, 15) is 14.7 Å². The Morgan fingerprint density at radius 2 is 1.82 bits per heavy atom. The highest BCUT2D eigenvalue weighted by molar-refractivity contribution is 5.97. The highest BCUT2D eigenvalue weighted by Crippen LogP contribution is 2.33. The van der Waals surface area contributed by atoms with Gasteiger partial charge in [0.1, 0.15) is 5.92 Å². The summed E-state index contributed by atoms with van der Waals surface area (Å²) in [5.41, 5.74) is -0.438. The second-order valence-corrected chi connectivity index (χ2v) is 6.81. The van der Waals surface area contributed by atoms with E-state index in [4.69, 9.17) is 0 Å². The second kappa shape index (κ2) is 4.31. The van der Waals surface area contributed by atoms with Crippen LogP contribution in [0.15, 0.2) is 0 Å². The molecule has 0 bridgehead atoms. The monoisotopic (exact) mass is 241 g/mol. The van der Waals surface area contributed by atoms with Crippen molar-refractivity contribution < 1.29 is 14.7 Å². The van der Waals surface area contributed by atoms with Crippen molar-refractivity contribution in [3.05, 3.63) is 0 Å². The fourth-order valence-corrected chi connectivity index (χ4v) is 2.33. The molecular formula is C13H23NO3. The molecule has 0 aromatic heterocycles. The number of carbonyl (C=O) groups is 2. The number of nitrogens with zero attached hydrogens (tertiary/aromatic N) is 1. The molecule has 4 nitrogen and oxygen atoms in total. The lowest BCUT2D eigenvalue weighted by Crippen LogP contribution is -2.44. The smallest absolute Gasteiger partial charge is 0.316 e. The van der Waals surface area contributed by atoms with E-state index in [1.165, 1.54) is 0 Å². The Labute approximate surface area is 103 Å². The van der Waals surface area contributed by atoms with Crippen LogP contribution < -0.4 is 0 Å². The molecule has 0 radical (unpaired) electrons. The van der Waals surface area contributed by atoms with Gasteiger partial charge in [0.25, 0.3) is 0 Å². The van der Waals surface area contributed by atoms with Crippen LogP contribution in [0.2, 0.25) is 0 Å². The zero-order valence-corrected chi connectivity index (χ0v) is 11.4. The lowest BCUT2D eigenvalue weighted by atomic mass is 9.80. The summed E-state index contributed by atoms with van der Waals surface area (Å²) in [7, 11) is 0. The van der Waals surface area contributed by atoms with Crippen molar-refractivity contribution in [3.63, 3.8) is 0 Å². The third-order valence-electron chi connectivity index (χ3n) is 3.35. The van der Waals surface area contributed by atoms with Gasteiger partial charge < -0.3 is 10.0 Å². The van der Waals surface area contributed by atoms with Crippen molar-refractivity contribution in [2.24, 2.45) is 16.7 Å². The standard InChI is InChI=1S/C13H23NO3/c1-12(2,3)9(11(16)17)10(15)14-7-6-13(4,5)8-14/h9H,6-8H2,1-5H3,(H,16,17). The Kier molecular flexibility index (Phi) is 3.55. The van der Waals surface area contributed by atoms with Crippen molar-refractivity contribution >= 4 is 11.9 Å². The molecular weight excluding hydrogens is 218 g/mol. The molecule has 0 aromatic rings. The molecule has 1 aliphatic heterocycles. The number of carboxylic acids is 1. The fourth-order valence-electron chi connectivity index (χ4n) is 2.33. The summed E-state index contributed by atoms with van der Waals surface area (Å²) in [5, 5.41) is 9.22. The minimum Gasteiger partial charge on any atom is -0.481 e. The molecule has 1 fully saturated rings. The zero-order valence-electron chi connectivity index (χ0n) is 11.4. The molecule has 4 heteroatoms. The normalized spacial score (nSPS) is 21.4. The fraction of sp³-hybridized carbons (Fsp3) is 0.846. The molecule has 1 saturated heterocycles. The van der Waals surface area contributed by atoms with Gasteiger partial charge >= 0.3 is 5.97 Å². The molecule has 1 rings (SSSR count). The molecule has 0 aromatic carbocycles. The van der Waals surface area contributed by atoms with E-state index in [0.29, 0.717) is 13.1 Å². The maximum atomic E-state index is 12.3. The largest absolute Gasteiger partial charge is 0.481 e.